The monoisotopic (exact) mass is 260 g/mol. The standard InChI is InChI=1S/C15H20N2O2/c1-10-9-14(7-8-16-10)17-15(19)13-5-3-12(4-6-13)11(2)18/h3-6,10,14,16H,7-9H2,1-2H3,(H,17,19). The number of hydrogen-bond acceptors (Lipinski definition) is 3. The number of carbonyl (C=O) groups excluding carboxylic acids is 2. The van der Waals surface area contributed by atoms with Crippen molar-refractivity contribution in [1.29, 1.82) is 0 Å². The van der Waals surface area contributed by atoms with E-state index in [1.165, 1.54) is 6.92 Å². The third-order valence-electron chi connectivity index (χ3n) is 3.51. The lowest BCUT2D eigenvalue weighted by molar-refractivity contribution is 0.0924. The smallest absolute Gasteiger partial charge is 0.251 e. The van der Waals surface area contributed by atoms with Crippen LogP contribution in [0.4, 0.5) is 0 Å². The first-order valence-electron chi connectivity index (χ1n) is 6.71. The Kier molecular flexibility index (Phi) is 4.32. The number of Topliss-reactive ketones (excluding diaryl/α,β-unsaturated/α-hetero) is 1. The molecule has 2 unspecified atom stereocenters. The molecule has 0 radical (unpaired) electrons. The van der Waals surface area contributed by atoms with Crippen molar-refractivity contribution in [3.63, 3.8) is 0 Å². The van der Waals surface area contributed by atoms with Crippen molar-refractivity contribution in [2.75, 3.05) is 6.54 Å². The van der Waals surface area contributed by atoms with Gasteiger partial charge < -0.3 is 10.6 Å². The van der Waals surface area contributed by atoms with Crippen molar-refractivity contribution in [1.82, 2.24) is 10.6 Å². The van der Waals surface area contributed by atoms with Crippen LogP contribution in [-0.2, 0) is 0 Å². The Labute approximate surface area is 113 Å². The maximum atomic E-state index is 12.1. The molecule has 1 amide bonds. The van der Waals surface area contributed by atoms with Crippen molar-refractivity contribution in [2.45, 2.75) is 38.8 Å². The van der Waals surface area contributed by atoms with Gasteiger partial charge in [-0.15, -0.1) is 0 Å². The number of nitrogens with one attached hydrogen (secondary N) is 2. The number of benzene rings is 1. The van der Waals surface area contributed by atoms with Crippen LogP contribution in [0.5, 0.6) is 0 Å². The fourth-order valence-corrected chi connectivity index (χ4v) is 2.39. The van der Waals surface area contributed by atoms with Gasteiger partial charge in [-0.2, -0.15) is 0 Å². The minimum atomic E-state index is -0.0609. The van der Waals surface area contributed by atoms with E-state index in [0.29, 0.717) is 17.2 Å². The molecule has 19 heavy (non-hydrogen) atoms. The van der Waals surface area contributed by atoms with Gasteiger partial charge in [0.2, 0.25) is 0 Å². The predicted octanol–water partition coefficient (Wildman–Crippen LogP) is 1.76. The zero-order chi connectivity index (χ0) is 13.8. The SMILES string of the molecule is CC(=O)c1ccc(C(=O)NC2CCNC(C)C2)cc1. The van der Waals surface area contributed by atoms with Gasteiger partial charge in [0.1, 0.15) is 0 Å². The van der Waals surface area contributed by atoms with Gasteiger partial charge in [0.25, 0.3) is 5.91 Å². The van der Waals surface area contributed by atoms with E-state index < -0.39 is 0 Å². The quantitative estimate of drug-likeness (QED) is 0.814. The number of carbonyl (C=O) groups is 2. The van der Waals surface area contributed by atoms with E-state index in [1.807, 2.05) is 0 Å². The first-order chi connectivity index (χ1) is 9.06. The van der Waals surface area contributed by atoms with E-state index in [4.69, 9.17) is 0 Å². The molecule has 4 heteroatoms. The molecule has 1 aromatic rings. The zero-order valence-corrected chi connectivity index (χ0v) is 11.4. The molecule has 0 saturated carbocycles. The van der Waals surface area contributed by atoms with Crippen LogP contribution >= 0.6 is 0 Å². The number of hydrogen-bond donors (Lipinski definition) is 2. The van der Waals surface area contributed by atoms with Crippen LogP contribution in [0, 0.1) is 0 Å². The highest BCUT2D eigenvalue weighted by molar-refractivity contribution is 5.97. The Bertz CT molecular complexity index is 468. The van der Waals surface area contributed by atoms with Crippen LogP contribution in [0.3, 0.4) is 0 Å². The fourth-order valence-electron chi connectivity index (χ4n) is 2.39. The van der Waals surface area contributed by atoms with Crippen molar-refractivity contribution in [3.8, 4) is 0 Å². The highest BCUT2D eigenvalue weighted by Gasteiger charge is 2.20. The average molecular weight is 260 g/mol. The molecule has 0 spiro atoms. The van der Waals surface area contributed by atoms with Crippen molar-refractivity contribution in [2.24, 2.45) is 0 Å². The Morgan fingerprint density at radius 3 is 2.42 bits per heavy atom. The normalized spacial score (nSPS) is 22.8. The summed E-state index contributed by atoms with van der Waals surface area (Å²) in [5.41, 5.74) is 1.24. The van der Waals surface area contributed by atoms with E-state index in [2.05, 4.69) is 17.6 Å². The first kappa shape index (κ1) is 13.7. The predicted molar refractivity (Wildman–Crippen MR) is 74.4 cm³/mol. The van der Waals surface area contributed by atoms with Gasteiger partial charge in [-0.3, -0.25) is 9.59 Å². The Balaban J connectivity index is 1.97. The average Bonchev–Trinajstić information content (AvgIpc) is 2.39. The van der Waals surface area contributed by atoms with Crippen LogP contribution in [-0.4, -0.2) is 30.3 Å². The molecular weight excluding hydrogens is 240 g/mol. The topological polar surface area (TPSA) is 58.2 Å². The summed E-state index contributed by atoms with van der Waals surface area (Å²) in [6.45, 7) is 4.58. The van der Waals surface area contributed by atoms with E-state index in [9.17, 15) is 9.59 Å². The summed E-state index contributed by atoms with van der Waals surface area (Å²) in [5.74, 6) is -0.0478. The molecular formula is C15H20N2O2. The maximum absolute atomic E-state index is 12.1. The fraction of sp³-hybridized carbons (Fsp3) is 0.467. The van der Waals surface area contributed by atoms with Gasteiger partial charge in [-0.1, -0.05) is 12.1 Å². The number of rotatable bonds is 3. The summed E-state index contributed by atoms with van der Waals surface area (Å²) >= 11 is 0. The summed E-state index contributed by atoms with van der Waals surface area (Å²) in [7, 11) is 0. The molecule has 1 saturated heterocycles. The second-order valence-electron chi connectivity index (χ2n) is 5.18. The van der Waals surface area contributed by atoms with Gasteiger partial charge in [0, 0.05) is 23.2 Å². The third-order valence-corrected chi connectivity index (χ3v) is 3.51. The minimum Gasteiger partial charge on any atom is -0.349 e. The molecule has 1 aliphatic rings. The molecule has 2 N–H and O–H groups in total. The van der Waals surface area contributed by atoms with Gasteiger partial charge >= 0.3 is 0 Å². The molecule has 0 bridgehead atoms. The second kappa shape index (κ2) is 5.97. The molecule has 1 aromatic carbocycles. The highest BCUT2D eigenvalue weighted by Crippen LogP contribution is 2.10. The lowest BCUT2D eigenvalue weighted by Crippen LogP contribution is -2.46. The first-order valence-corrected chi connectivity index (χ1v) is 6.71. The maximum Gasteiger partial charge on any atom is 0.251 e. The molecule has 2 atom stereocenters. The molecule has 4 nitrogen and oxygen atoms in total. The Morgan fingerprint density at radius 1 is 1.21 bits per heavy atom. The van der Waals surface area contributed by atoms with Gasteiger partial charge in [-0.25, -0.2) is 0 Å². The van der Waals surface area contributed by atoms with Crippen molar-refractivity contribution < 1.29 is 9.59 Å². The third kappa shape index (κ3) is 3.64. The Hall–Kier alpha value is -1.68. The van der Waals surface area contributed by atoms with E-state index >= 15 is 0 Å². The molecule has 0 aliphatic carbocycles. The summed E-state index contributed by atoms with van der Waals surface area (Å²) in [4.78, 5) is 23.3. The van der Waals surface area contributed by atoms with Gasteiger partial charge in [0.05, 0.1) is 0 Å². The molecule has 0 aromatic heterocycles. The minimum absolute atomic E-state index is 0.0131. The summed E-state index contributed by atoms with van der Waals surface area (Å²) in [5, 5.41) is 6.41. The van der Waals surface area contributed by atoms with Gasteiger partial charge in [0.15, 0.2) is 5.78 Å². The van der Waals surface area contributed by atoms with E-state index in [0.717, 1.165) is 19.4 Å². The molecule has 2 rings (SSSR count). The summed E-state index contributed by atoms with van der Waals surface area (Å²) in [6.07, 6.45) is 1.92. The van der Waals surface area contributed by atoms with Crippen LogP contribution in [0.25, 0.3) is 0 Å². The van der Waals surface area contributed by atoms with Crippen molar-refractivity contribution in [3.05, 3.63) is 35.4 Å². The summed E-state index contributed by atoms with van der Waals surface area (Å²) < 4.78 is 0. The zero-order valence-electron chi connectivity index (χ0n) is 11.4. The molecule has 102 valence electrons. The van der Waals surface area contributed by atoms with E-state index in [-0.39, 0.29) is 17.7 Å². The second-order valence-corrected chi connectivity index (χ2v) is 5.18. The van der Waals surface area contributed by atoms with Gasteiger partial charge in [-0.05, 0) is 45.4 Å². The molecule has 1 fully saturated rings. The van der Waals surface area contributed by atoms with Crippen LogP contribution in [0.1, 0.15) is 47.4 Å². The number of piperidine rings is 1. The Morgan fingerprint density at radius 2 is 1.84 bits per heavy atom. The number of ketones is 1. The van der Waals surface area contributed by atoms with Crippen LogP contribution in [0.15, 0.2) is 24.3 Å². The molecule has 1 heterocycles. The lowest BCUT2D eigenvalue weighted by Gasteiger charge is -2.28. The lowest BCUT2D eigenvalue weighted by atomic mass is 10.00. The summed E-state index contributed by atoms with van der Waals surface area (Å²) in [6, 6.07) is 7.48. The number of amides is 1. The van der Waals surface area contributed by atoms with Crippen LogP contribution < -0.4 is 10.6 Å². The molecule has 1 aliphatic heterocycles. The highest BCUT2D eigenvalue weighted by atomic mass is 16.1. The van der Waals surface area contributed by atoms with E-state index in [1.54, 1.807) is 24.3 Å². The van der Waals surface area contributed by atoms with Crippen molar-refractivity contribution >= 4 is 11.7 Å². The largest absolute Gasteiger partial charge is 0.349 e. The van der Waals surface area contributed by atoms with Crippen LogP contribution in [0.2, 0.25) is 0 Å².